The van der Waals surface area contributed by atoms with Crippen LogP contribution in [-0.4, -0.2) is 63.1 Å². The van der Waals surface area contributed by atoms with Crippen molar-refractivity contribution in [3.8, 4) is 0 Å². The monoisotopic (exact) mass is 364 g/mol. The van der Waals surface area contributed by atoms with Crippen LogP contribution in [0, 0.1) is 23.2 Å². The Morgan fingerprint density at radius 2 is 2.00 bits per heavy atom. The molecule has 3 N–H and O–H groups in total. The lowest BCUT2D eigenvalue weighted by Gasteiger charge is -2.50. The first-order valence-corrected chi connectivity index (χ1v) is 10.7. The summed E-state index contributed by atoms with van der Waals surface area (Å²) in [6, 6.07) is 0. The van der Waals surface area contributed by atoms with Gasteiger partial charge in [-0.1, -0.05) is 19.1 Å². The van der Waals surface area contributed by atoms with E-state index in [-0.39, 0.29) is 30.0 Å². The van der Waals surface area contributed by atoms with Gasteiger partial charge in [-0.15, -0.1) is 0 Å². The fourth-order valence-electron chi connectivity index (χ4n) is 6.37. The third-order valence-electron chi connectivity index (χ3n) is 7.96. The zero-order valence-corrected chi connectivity index (χ0v) is 16.3. The smallest absolute Gasteiger partial charge is 0.315 e. The van der Waals surface area contributed by atoms with Crippen LogP contribution in [0.3, 0.4) is 0 Å². The molecule has 0 spiro atoms. The van der Waals surface area contributed by atoms with Gasteiger partial charge in [0.2, 0.25) is 0 Å². The lowest BCUT2D eigenvalue weighted by atomic mass is 9.55. The van der Waals surface area contributed by atoms with E-state index in [1.54, 1.807) is 4.90 Å². The van der Waals surface area contributed by atoms with Crippen LogP contribution in [0.25, 0.3) is 0 Å². The van der Waals surface area contributed by atoms with E-state index >= 15 is 0 Å². The molecule has 5 nitrogen and oxygen atoms in total. The van der Waals surface area contributed by atoms with Crippen LogP contribution in [0.15, 0.2) is 12.2 Å². The van der Waals surface area contributed by atoms with Crippen LogP contribution in [0.5, 0.6) is 0 Å². The van der Waals surface area contributed by atoms with E-state index in [1.807, 2.05) is 0 Å². The Morgan fingerprint density at radius 3 is 2.73 bits per heavy atom. The summed E-state index contributed by atoms with van der Waals surface area (Å²) in [5, 5.41) is 9.12. The molecule has 4 fully saturated rings. The minimum absolute atomic E-state index is 0.0606. The van der Waals surface area contributed by atoms with Gasteiger partial charge in [0, 0.05) is 5.92 Å². The number of carbonyl (C=O) groups is 1. The molecule has 0 unspecified atom stereocenters. The summed E-state index contributed by atoms with van der Waals surface area (Å²) in [5.74, 6) is 1.11. The van der Waals surface area contributed by atoms with Crippen LogP contribution in [-0.2, 0) is 9.53 Å². The molecule has 2 heterocycles. The molecule has 0 aromatic heterocycles. The molecule has 146 valence electrons. The standard InChI is InChI=1S/C21H34N2O3/c1-15-4-3-5-21(2)13-19-16(12-18(15)21)17(20(25)26-19)14-23-8-6-22(7-9-23)10-11-24/h16-19,24H,1,3-14H2,2H3/p+2/t16-,17-,18+,19-,21-/m1/s1. The molecule has 0 bridgehead atoms. The van der Waals surface area contributed by atoms with Gasteiger partial charge in [-0.05, 0) is 43.4 Å². The Kier molecular flexibility index (Phi) is 5.15. The van der Waals surface area contributed by atoms with Gasteiger partial charge in [0.25, 0.3) is 0 Å². The van der Waals surface area contributed by atoms with E-state index in [2.05, 4.69) is 13.5 Å². The molecule has 0 radical (unpaired) electrons. The molecule has 2 aliphatic heterocycles. The first kappa shape index (κ1) is 18.5. The van der Waals surface area contributed by atoms with Crippen LogP contribution in [0.4, 0.5) is 0 Å². The summed E-state index contributed by atoms with van der Waals surface area (Å²) >= 11 is 0. The maximum absolute atomic E-state index is 12.7. The van der Waals surface area contributed by atoms with Crippen LogP contribution in [0.2, 0.25) is 0 Å². The van der Waals surface area contributed by atoms with Gasteiger partial charge in [-0.3, -0.25) is 4.79 Å². The van der Waals surface area contributed by atoms with Crippen LogP contribution in [0.1, 0.15) is 39.0 Å². The Balaban J connectivity index is 1.41. The molecule has 5 heteroatoms. The maximum Gasteiger partial charge on any atom is 0.315 e. The number of ether oxygens (including phenoxy) is 1. The molecule has 0 amide bonds. The molecule has 2 saturated carbocycles. The second-order valence-corrected chi connectivity index (χ2v) is 9.58. The first-order chi connectivity index (χ1) is 12.5. The van der Waals surface area contributed by atoms with Crippen molar-refractivity contribution in [2.24, 2.45) is 23.2 Å². The number of carbonyl (C=O) groups excluding carboxylic acids is 1. The topological polar surface area (TPSA) is 55.4 Å². The predicted octanol–water partition coefficient (Wildman–Crippen LogP) is -0.924. The van der Waals surface area contributed by atoms with Crippen molar-refractivity contribution >= 4 is 5.97 Å². The fraction of sp³-hybridized carbons (Fsp3) is 0.857. The molecule has 0 aromatic rings. The summed E-state index contributed by atoms with van der Waals surface area (Å²) in [4.78, 5) is 15.7. The second-order valence-electron chi connectivity index (χ2n) is 9.58. The van der Waals surface area contributed by atoms with Gasteiger partial charge in [-0.25, -0.2) is 0 Å². The number of piperazine rings is 1. The number of esters is 1. The lowest BCUT2D eigenvalue weighted by molar-refractivity contribution is -1.01. The normalized spacial score (nSPS) is 45.8. The number of hydrogen-bond donors (Lipinski definition) is 3. The molecule has 26 heavy (non-hydrogen) atoms. The Labute approximate surface area is 157 Å². The van der Waals surface area contributed by atoms with Crippen molar-refractivity contribution in [1.82, 2.24) is 0 Å². The van der Waals surface area contributed by atoms with Gasteiger partial charge in [0.05, 0.1) is 13.2 Å². The molecule has 2 aliphatic carbocycles. The second kappa shape index (κ2) is 7.25. The number of quaternary nitrogens is 2. The molecular weight excluding hydrogens is 328 g/mol. The third kappa shape index (κ3) is 3.34. The van der Waals surface area contributed by atoms with Crippen molar-refractivity contribution in [2.45, 2.75) is 45.1 Å². The number of allylic oxidation sites excluding steroid dienone is 1. The van der Waals surface area contributed by atoms with Crippen molar-refractivity contribution < 1.29 is 24.4 Å². The van der Waals surface area contributed by atoms with E-state index in [9.17, 15) is 4.79 Å². The van der Waals surface area contributed by atoms with E-state index in [1.165, 1.54) is 23.3 Å². The van der Waals surface area contributed by atoms with Gasteiger partial charge in [-0.2, -0.15) is 0 Å². The number of hydrogen-bond acceptors (Lipinski definition) is 3. The molecule has 4 aliphatic rings. The summed E-state index contributed by atoms with van der Waals surface area (Å²) in [5.41, 5.74) is 1.71. The first-order valence-electron chi connectivity index (χ1n) is 10.7. The van der Waals surface area contributed by atoms with E-state index in [4.69, 9.17) is 9.84 Å². The Bertz CT molecular complexity index is 557. The van der Waals surface area contributed by atoms with Gasteiger partial charge in [0.1, 0.15) is 44.7 Å². The maximum atomic E-state index is 12.7. The third-order valence-corrected chi connectivity index (χ3v) is 7.96. The number of aliphatic hydroxyl groups excluding tert-OH is 1. The number of rotatable bonds is 4. The average Bonchev–Trinajstić information content (AvgIpc) is 2.89. The van der Waals surface area contributed by atoms with Gasteiger partial charge >= 0.3 is 5.97 Å². The van der Waals surface area contributed by atoms with Crippen molar-refractivity contribution in [2.75, 3.05) is 45.9 Å². The highest BCUT2D eigenvalue weighted by molar-refractivity contribution is 5.75. The quantitative estimate of drug-likeness (QED) is 0.447. The van der Waals surface area contributed by atoms with Crippen molar-refractivity contribution in [3.63, 3.8) is 0 Å². The summed E-state index contributed by atoms with van der Waals surface area (Å²) in [6.07, 6.45) is 5.94. The highest BCUT2D eigenvalue weighted by Crippen LogP contribution is 2.56. The van der Waals surface area contributed by atoms with Crippen LogP contribution < -0.4 is 9.80 Å². The van der Waals surface area contributed by atoms with E-state index < -0.39 is 0 Å². The minimum Gasteiger partial charge on any atom is -0.462 e. The molecular formula is C21H36N2O3+2. The van der Waals surface area contributed by atoms with Crippen molar-refractivity contribution in [3.05, 3.63) is 12.2 Å². The molecule has 0 aromatic carbocycles. The number of nitrogens with one attached hydrogen (secondary N) is 2. The van der Waals surface area contributed by atoms with E-state index in [0.29, 0.717) is 11.8 Å². The summed E-state index contributed by atoms with van der Waals surface area (Å²) in [7, 11) is 0. The predicted molar refractivity (Wildman–Crippen MR) is 98.9 cm³/mol. The molecule has 2 saturated heterocycles. The number of aliphatic hydroxyl groups is 1. The zero-order chi connectivity index (χ0) is 18.3. The average molecular weight is 365 g/mol. The van der Waals surface area contributed by atoms with Crippen LogP contribution >= 0.6 is 0 Å². The molecule has 4 rings (SSSR count). The fourth-order valence-corrected chi connectivity index (χ4v) is 6.37. The minimum atomic E-state index is 0.0606. The molecule has 5 atom stereocenters. The SMILES string of the molecule is C=C1CCC[C@]2(C)C[C@H]3OC(=O)[C@H](C[NH+]4CC[NH+](CCO)CC4)[C@H]3C[C@@H]12. The largest absolute Gasteiger partial charge is 0.462 e. The van der Waals surface area contributed by atoms with Crippen molar-refractivity contribution in [1.29, 1.82) is 0 Å². The highest BCUT2D eigenvalue weighted by atomic mass is 16.6. The highest BCUT2D eigenvalue weighted by Gasteiger charge is 2.56. The Morgan fingerprint density at radius 1 is 1.27 bits per heavy atom. The summed E-state index contributed by atoms with van der Waals surface area (Å²) < 4.78 is 5.91. The van der Waals surface area contributed by atoms with Gasteiger partial charge < -0.3 is 19.6 Å². The van der Waals surface area contributed by atoms with Gasteiger partial charge in [0.15, 0.2) is 0 Å². The Hall–Kier alpha value is -0.910. The lowest BCUT2D eigenvalue weighted by Crippen LogP contribution is -3.28. The number of fused-ring (bicyclic) bond motifs is 2. The summed E-state index contributed by atoms with van der Waals surface area (Å²) in [6.45, 7) is 13.2. The zero-order valence-electron chi connectivity index (χ0n) is 16.3. The van der Waals surface area contributed by atoms with E-state index in [0.717, 1.165) is 58.5 Å².